The predicted molar refractivity (Wildman–Crippen MR) is 100 cm³/mol. The van der Waals surface area contributed by atoms with Crippen molar-refractivity contribution in [3.8, 4) is 6.07 Å². The summed E-state index contributed by atoms with van der Waals surface area (Å²) in [5.41, 5.74) is 0.451. The van der Waals surface area contributed by atoms with Crippen LogP contribution in [0.3, 0.4) is 0 Å². The third-order valence-corrected chi connectivity index (χ3v) is 4.39. The second-order valence-corrected chi connectivity index (χ2v) is 6.25. The Bertz CT molecular complexity index is 1180. The number of carbonyl (C=O) groups is 1. The first-order valence-corrected chi connectivity index (χ1v) is 8.32. The number of nitrogens with one attached hydrogen (secondary N) is 2. The lowest BCUT2D eigenvalue weighted by Crippen LogP contribution is -2.31. The van der Waals surface area contributed by atoms with Crippen LogP contribution in [0.15, 0.2) is 29.3 Å². The normalized spacial score (nSPS) is 11.8. The highest BCUT2D eigenvalue weighted by molar-refractivity contribution is 5.86. The molecule has 0 aliphatic heterocycles. The summed E-state index contributed by atoms with van der Waals surface area (Å²) in [5, 5.41) is 11.3. The number of H-pyrrole nitrogens is 1. The molecule has 0 unspecified atom stereocenters. The Morgan fingerprint density at radius 2 is 2.11 bits per heavy atom. The van der Waals surface area contributed by atoms with Crippen LogP contribution in [0.4, 0.5) is 8.78 Å². The van der Waals surface area contributed by atoms with E-state index >= 15 is 0 Å². The van der Waals surface area contributed by atoms with Gasteiger partial charge in [-0.05, 0) is 31.5 Å². The SMILES string of the molecule is Cc1c(CC(=O)N[C@H](C)c2cnc(C#N)cn2)c(=O)[nH]c2ccc(F)c(F)c12.[HH].[HH]. The number of nitrogens with zero attached hydrogens (tertiary/aromatic N) is 3. The van der Waals surface area contributed by atoms with Crippen LogP contribution in [0, 0.1) is 29.9 Å². The first-order chi connectivity index (χ1) is 13.3. The minimum absolute atomic E-state index is 0. The van der Waals surface area contributed by atoms with Crippen molar-refractivity contribution in [2.24, 2.45) is 0 Å². The lowest BCUT2D eigenvalue weighted by atomic mass is 10.0. The number of aromatic nitrogens is 3. The van der Waals surface area contributed by atoms with E-state index in [4.69, 9.17) is 5.26 Å². The smallest absolute Gasteiger partial charge is 0.252 e. The lowest BCUT2D eigenvalue weighted by molar-refractivity contribution is -0.121. The van der Waals surface area contributed by atoms with Gasteiger partial charge in [-0.1, -0.05) is 0 Å². The summed E-state index contributed by atoms with van der Waals surface area (Å²) in [5.74, 6) is -2.61. The number of carbonyl (C=O) groups excluding carboxylic acids is 1. The number of fused-ring (bicyclic) bond motifs is 1. The van der Waals surface area contributed by atoms with Gasteiger partial charge in [-0.2, -0.15) is 5.26 Å². The van der Waals surface area contributed by atoms with Crippen LogP contribution < -0.4 is 10.9 Å². The van der Waals surface area contributed by atoms with Gasteiger partial charge in [0.15, 0.2) is 17.3 Å². The number of hydrogen-bond donors (Lipinski definition) is 2. The van der Waals surface area contributed by atoms with E-state index in [1.165, 1.54) is 25.4 Å². The number of benzene rings is 1. The molecule has 0 bridgehead atoms. The highest BCUT2D eigenvalue weighted by Crippen LogP contribution is 2.23. The van der Waals surface area contributed by atoms with Gasteiger partial charge in [0.25, 0.3) is 5.56 Å². The van der Waals surface area contributed by atoms with Crippen LogP contribution in [-0.4, -0.2) is 20.9 Å². The van der Waals surface area contributed by atoms with Gasteiger partial charge < -0.3 is 10.3 Å². The number of halogens is 2. The maximum Gasteiger partial charge on any atom is 0.252 e. The standard InChI is InChI=1S/C19H15F2N5O2.2H2/c1-9-12(19(28)26-14-4-3-13(20)18(21)17(9)14)5-16(27)25-10(2)15-8-23-11(6-22)7-24-15;;/h3-4,7-8,10H,5H2,1-2H3,(H,25,27)(H,26,28);2*1H/t10-;;/m1../s1. The van der Waals surface area contributed by atoms with Crippen molar-refractivity contribution in [3.63, 3.8) is 0 Å². The predicted octanol–water partition coefficient (Wildman–Crippen LogP) is 2.69. The molecule has 0 aliphatic rings. The van der Waals surface area contributed by atoms with Gasteiger partial charge in [-0.3, -0.25) is 14.6 Å². The summed E-state index contributed by atoms with van der Waals surface area (Å²) in [7, 11) is 0. The summed E-state index contributed by atoms with van der Waals surface area (Å²) in [6.45, 7) is 3.14. The minimum Gasteiger partial charge on any atom is -0.348 e. The minimum atomic E-state index is -1.07. The molecule has 3 aromatic rings. The number of amides is 1. The van der Waals surface area contributed by atoms with Crippen molar-refractivity contribution >= 4 is 16.8 Å². The van der Waals surface area contributed by atoms with E-state index in [2.05, 4.69) is 20.3 Å². The largest absolute Gasteiger partial charge is 0.348 e. The molecule has 0 saturated carbocycles. The fourth-order valence-corrected chi connectivity index (χ4v) is 2.90. The molecule has 0 radical (unpaired) electrons. The molecule has 0 saturated heterocycles. The van der Waals surface area contributed by atoms with Gasteiger partial charge in [0.1, 0.15) is 6.07 Å². The second kappa shape index (κ2) is 7.52. The molecule has 0 aliphatic carbocycles. The fraction of sp³-hybridized carbons (Fsp3) is 0.211. The Morgan fingerprint density at radius 1 is 1.36 bits per heavy atom. The maximum atomic E-state index is 14.2. The van der Waals surface area contributed by atoms with Crippen molar-refractivity contribution in [3.05, 3.63) is 69.0 Å². The van der Waals surface area contributed by atoms with Crippen LogP contribution in [0.1, 0.15) is 38.3 Å². The molecular weight excluding hydrogens is 368 g/mol. The molecular formula is C19H19F2N5O2. The third-order valence-electron chi connectivity index (χ3n) is 4.39. The van der Waals surface area contributed by atoms with Crippen molar-refractivity contribution in [1.29, 1.82) is 5.26 Å². The Balaban J connectivity index is 0.00000225. The first-order valence-electron chi connectivity index (χ1n) is 8.32. The van der Waals surface area contributed by atoms with E-state index in [0.717, 1.165) is 6.07 Å². The molecule has 1 aromatic carbocycles. The molecule has 1 atom stereocenters. The Hall–Kier alpha value is -3.67. The van der Waals surface area contributed by atoms with E-state index in [9.17, 15) is 18.4 Å². The molecule has 2 N–H and O–H groups in total. The number of nitriles is 1. The Kier molecular flexibility index (Phi) is 5.13. The molecule has 0 fully saturated rings. The highest BCUT2D eigenvalue weighted by atomic mass is 19.2. The Labute approximate surface area is 161 Å². The van der Waals surface area contributed by atoms with Crippen molar-refractivity contribution < 1.29 is 16.4 Å². The third kappa shape index (κ3) is 3.57. The van der Waals surface area contributed by atoms with E-state index in [1.807, 2.05) is 6.07 Å². The fourth-order valence-electron chi connectivity index (χ4n) is 2.90. The van der Waals surface area contributed by atoms with Gasteiger partial charge in [-0.25, -0.2) is 13.8 Å². The van der Waals surface area contributed by atoms with Crippen LogP contribution >= 0.6 is 0 Å². The lowest BCUT2D eigenvalue weighted by Gasteiger charge is -2.14. The molecule has 2 aromatic heterocycles. The number of hydrogen-bond acceptors (Lipinski definition) is 5. The average molecular weight is 387 g/mol. The van der Waals surface area contributed by atoms with Gasteiger partial charge in [0, 0.05) is 13.8 Å². The van der Waals surface area contributed by atoms with Gasteiger partial charge >= 0.3 is 0 Å². The number of rotatable bonds is 4. The van der Waals surface area contributed by atoms with E-state index in [-0.39, 0.29) is 37.0 Å². The van der Waals surface area contributed by atoms with Crippen molar-refractivity contribution in [2.45, 2.75) is 26.3 Å². The summed E-state index contributed by atoms with van der Waals surface area (Å²) in [4.78, 5) is 35.1. The summed E-state index contributed by atoms with van der Waals surface area (Å²) >= 11 is 0. The van der Waals surface area contributed by atoms with Gasteiger partial charge in [0.2, 0.25) is 5.91 Å². The number of aryl methyl sites for hydroxylation is 1. The monoisotopic (exact) mass is 387 g/mol. The van der Waals surface area contributed by atoms with E-state index in [0.29, 0.717) is 5.69 Å². The maximum absolute atomic E-state index is 14.2. The molecule has 2 heterocycles. The zero-order valence-electron chi connectivity index (χ0n) is 15.0. The van der Waals surface area contributed by atoms with Gasteiger partial charge in [-0.15, -0.1) is 0 Å². The molecule has 7 nitrogen and oxygen atoms in total. The average Bonchev–Trinajstić information content (AvgIpc) is 2.68. The molecule has 1 amide bonds. The Morgan fingerprint density at radius 3 is 2.75 bits per heavy atom. The van der Waals surface area contributed by atoms with Crippen molar-refractivity contribution in [2.75, 3.05) is 0 Å². The molecule has 9 heteroatoms. The summed E-state index contributed by atoms with van der Waals surface area (Å²) in [6.07, 6.45) is 2.34. The highest BCUT2D eigenvalue weighted by Gasteiger charge is 2.19. The second-order valence-electron chi connectivity index (χ2n) is 6.25. The van der Waals surface area contributed by atoms with Crippen LogP contribution in [0.5, 0.6) is 0 Å². The van der Waals surface area contributed by atoms with Crippen LogP contribution in [-0.2, 0) is 11.2 Å². The van der Waals surface area contributed by atoms with E-state index in [1.54, 1.807) is 6.92 Å². The number of aromatic amines is 1. The molecule has 0 spiro atoms. The summed E-state index contributed by atoms with van der Waals surface area (Å²) in [6, 6.07) is 3.53. The van der Waals surface area contributed by atoms with Gasteiger partial charge in [0.05, 0.1) is 36.1 Å². The quantitative estimate of drug-likeness (QED) is 0.715. The van der Waals surface area contributed by atoms with Crippen LogP contribution in [0.2, 0.25) is 0 Å². The first kappa shape index (κ1) is 19.1. The molecule has 28 heavy (non-hydrogen) atoms. The molecule has 3 rings (SSSR count). The van der Waals surface area contributed by atoms with E-state index < -0.39 is 29.1 Å². The topological polar surface area (TPSA) is 112 Å². The summed E-state index contributed by atoms with van der Waals surface area (Å²) < 4.78 is 27.7. The number of pyridine rings is 1. The van der Waals surface area contributed by atoms with Crippen molar-refractivity contribution in [1.82, 2.24) is 20.3 Å². The van der Waals surface area contributed by atoms with Crippen LogP contribution in [0.25, 0.3) is 10.9 Å². The molecule has 146 valence electrons. The zero-order chi connectivity index (χ0) is 20.4. The zero-order valence-corrected chi connectivity index (χ0v) is 15.0.